The Balaban J connectivity index is 1.37. The maximum Gasteiger partial charge on any atom is 0.514 e. The summed E-state index contributed by atoms with van der Waals surface area (Å²) in [5, 5.41) is 10.9. The molecule has 0 saturated carbocycles. The molecule has 0 radical (unpaired) electrons. The zero-order valence-corrected chi connectivity index (χ0v) is 15.6. The first kappa shape index (κ1) is 18.8. The second-order valence-electron chi connectivity index (χ2n) is 6.28. The van der Waals surface area contributed by atoms with E-state index in [-0.39, 0.29) is 17.5 Å². The molecule has 2 heterocycles. The number of carbonyl (C=O) groups excluding carboxylic acids is 1. The second kappa shape index (κ2) is 7.84. The van der Waals surface area contributed by atoms with Crippen LogP contribution in [0.5, 0.6) is 5.75 Å². The third-order valence-electron chi connectivity index (χ3n) is 4.46. The summed E-state index contributed by atoms with van der Waals surface area (Å²) in [7, 11) is 0. The van der Waals surface area contributed by atoms with Gasteiger partial charge in [0.15, 0.2) is 10.8 Å². The predicted molar refractivity (Wildman–Crippen MR) is 102 cm³/mol. The van der Waals surface area contributed by atoms with Crippen molar-refractivity contribution in [2.45, 2.75) is 25.0 Å². The third kappa shape index (κ3) is 4.02. The van der Waals surface area contributed by atoms with E-state index in [2.05, 4.69) is 15.0 Å². The number of imidazole rings is 1. The molecule has 1 aliphatic rings. The summed E-state index contributed by atoms with van der Waals surface area (Å²) in [5.74, 6) is 0.166. The smallest absolute Gasteiger partial charge is 0.426 e. The zero-order valence-electron chi connectivity index (χ0n) is 14.8. The molecule has 0 N–H and O–H groups in total. The lowest BCUT2D eigenvalue weighted by Gasteiger charge is -2.23. The number of rotatable bonds is 4. The molecule has 2 aromatic heterocycles. The van der Waals surface area contributed by atoms with E-state index in [1.807, 2.05) is 10.6 Å². The lowest BCUT2D eigenvalue weighted by molar-refractivity contribution is -0.384. The molecule has 0 saturated heterocycles. The van der Waals surface area contributed by atoms with Gasteiger partial charge in [0.05, 0.1) is 17.3 Å². The maximum absolute atomic E-state index is 12.0. The van der Waals surface area contributed by atoms with Gasteiger partial charge in [0.2, 0.25) is 0 Å². The summed E-state index contributed by atoms with van der Waals surface area (Å²) in [4.78, 5) is 34.5. The Hall–Kier alpha value is -3.53. The van der Waals surface area contributed by atoms with E-state index < -0.39 is 17.2 Å². The minimum atomic E-state index is -0.875. The summed E-state index contributed by atoms with van der Waals surface area (Å²) in [6, 6.07) is 5.17. The molecule has 148 valence electrons. The maximum atomic E-state index is 12.0. The Bertz CT molecular complexity index is 1100. The van der Waals surface area contributed by atoms with Gasteiger partial charge in [-0.05, 0) is 31.1 Å². The van der Waals surface area contributed by atoms with Crippen LogP contribution in [-0.2, 0) is 4.74 Å². The van der Waals surface area contributed by atoms with Crippen molar-refractivity contribution in [1.29, 1.82) is 0 Å². The molecule has 0 aliphatic heterocycles. The Kier molecular flexibility index (Phi) is 5.09. The number of allylic oxidation sites excluding steroid dienone is 1. The number of nitro benzene ring substituents is 1. The van der Waals surface area contributed by atoms with Crippen LogP contribution in [0.3, 0.4) is 0 Å². The van der Waals surface area contributed by atoms with Gasteiger partial charge in [-0.25, -0.2) is 19.7 Å². The van der Waals surface area contributed by atoms with E-state index in [9.17, 15) is 14.9 Å². The van der Waals surface area contributed by atoms with E-state index in [4.69, 9.17) is 21.1 Å². The molecule has 0 spiro atoms. The molecule has 11 heteroatoms. The highest BCUT2D eigenvalue weighted by atomic mass is 35.5. The summed E-state index contributed by atoms with van der Waals surface area (Å²) >= 11 is 6.03. The van der Waals surface area contributed by atoms with Crippen molar-refractivity contribution in [3.05, 3.63) is 64.3 Å². The molecule has 2 atom stereocenters. The fourth-order valence-electron chi connectivity index (χ4n) is 3.06. The number of hydrogen-bond acceptors (Lipinski definition) is 8. The second-order valence-corrected chi connectivity index (χ2v) is 6.64. The molecule has 29 heavy (non-hydrogen) atoms. The number of nitro groups is 1. The number of non-ortho nitro benzene ring substituents is 1. The van der Waals surface area contributed by atoms with Gasteiger partial charge < -0.3 is 14.0 Å². The van der Waals surface area contributed by atoms with E-state index in [1.165, 1.54) is 30.6 Å². The largest absolute Gasteiger partial charge is 0.514 e. The molecule has 1 aromatic carbocycles. The van der Waals surface area contributed by atoms with Crippen molar-refractivity contribution < 1.29 is 19.2 Å². The average molecular weight is 416 g/mol. The minimum Gasteiger partial charge on any atom is -0.426 e. The SMILES string of the molecule is O=C(Oc1ccc([N+](=O)[O-])cc1)O[C@H]1C=C[C@@H](n2cnc3c(Cl)ncnc32)CC1. The van der Waals surface area contributed by atoms with Gasteiger partial charge in [0, 0.05) is 12.1 Å². The summed E-state index contributed by atoms with van der Waals surface area (Å²) in [6.45, 7) is 0. The molecule has 0 unspecified atom stereocenters. The third-order valence-corrected chi connectivity index (χ3v) is 4.74. The molecule has 0 fully saturated rings. The van der Waals surface area contributed by atoms with E-state index in [0.717, 1.165) is 0 Å². The molecule has 0 bridgehead atoms. The van der Waals surface area contributed by atoms with Crippen molar-refractivity contribution >= 4 is 34.6 Å². The first-order valence-corrected chi connectivity index (χ1v) is 9.03. The van der Waals surface area contributed by atoms with E-state index in [0.29, 0.717) is 29.2 Å². The van der Waals surface area contributed by atoms with Gasteiger partial charge in [-0.3, -0.25) is 10.1 Å². The van der Waals surface area contributed by atoms with Gasteiger partial charge >= 0.3 is 6.16 Å². The normalized spacial score (nSPS) is 18.5. The summed E-state index contributed by atoms with van der Waals surface area (Å²) < 4.78 is 12.2. The van der Waals surface area contributed by atoms with Crippen LogP contribution in [0.25, 0.3) is 11.2 Å². The highest BCUT2D eigenvalue weighted by molar-refractivity contribution is 6.33. The number of ether oxygens (including phenoxy) is 2. The molecular weight excluding hydrogens is 402 g/mol. The van der Waals surface area contributed by atoms with Gasteiger partial charge in [-0.2, -0.15) is 0 Å². The Morgan fingerprint density at radius 2 is 1.97 bits per heavy atom. The molecule has 3 aromatic rings. The summed E-state index contributed by atoms with van der Waals surface area (Å²) in [6.07, 6.45) is 6.68. The average Bonchev–Trinajstić information content (AvgIpc) is 3.14. The van der Waals surface area contributed by atoms with E-state index >= 15 is 0 Å². The lowest BCUT2D eigenvalue weighted by Crippen LogP contribution is -2.23. The highest BCUT2D eigenvalue weighted by Crippen LogP contribution is 2.28. The number of carbonyl (C=O) groups is 1. The first-order valence-electron chi connectivity index (χ1n) is 8.65. The van der Waals surface area contributed by atoms with Gasteiger partial charge in [-0.15, -0.1) is 0 Å². The Morgan fingerprint density at radius 3 is 2.66 bits per heavy atom. The number of hydrogen-bond donors (Lipinski definition) is 0. The van der Waals surface area contributed by atoms with Crippen LogP contribution in [-0.4, -0.2) is 36.7 Å². The van der Waals surface area contributed by atoms with Crippen molar-refractivity contribution in [2.24, 2.45) is 0 Å². The van der Waals surface area contributed by atoms with Crippen molar-refractivity contribution in [3.8, 4) is 5.75 Å². The van der Waals surface area contributed by atoms with Crippen LogP contribution in [0.4, 0.5) is 10.5 Å². The lowest BCUT2D eigenvalue weighted by atomic mass is 10.0. The van der Waals surface area contributed by atoms with Crippen LogP contribution in [0.15, 0.2) is 49.1 Å². The molecule has 0 amide bonds. The van der Waals surface area contributed by atoms with Crippen LogP contribution in [0, 0.1) is 10.1 Å². The highest BCUT2D eigenvalue weighted by Gasteiger charge is 2.23. The van der Waals surface area contributed by atoms with Crippen LogP contribution < -0.4 is 4.74 Å². The number of nitrogens with zero attached hydrogens (tertiary/aromatic N) is 5. The standard InChI is InChI=1S/C18H14ClN5O5/c19-16-15-17(21-9-20-16)23(10-22-15)11-1-5-13(6-2-11)28-18(25)29-14-7-3-12(4-8-14)24(26)27/h1,3-5,7-11,13H,2,6H2/t11-,13+/m1/s1. The van der Waals surface area contributed by atoms with Gasteiger partial charge in [-0.1, -0.05) is 17.7 Å². The van der Waals surface area contributed by atoms with Crippen LogP contribution in [0.1, 0.15) is 18.9 Å². The quantitative estimate of drug-likeness (QED) is 0.157. The van der Waals surface area contributed by atoms with Crippen molar-refractivity contribution in [1.82, 2.24) is 19.5 Å². The Morgan fingerprint density at radius 1 is 1.17 bits per heavy atom. The topological polar surface area (TPSA) is 122 Å². The molecule has 4 rings (SSSR count). The number of fused-ring (bicyclic) bond motifs is 1. The van der Waals surface area contributed by atoms with Crippen molar-refractivity contribution in [2.75, 3.05) is 0 Å². The van der Waals surface area contributed by atoms with Crippen LogP contribution >= 0.6 is 11.6 Å². The fourth-order valence-corrected chi connectivity index (χ4v) is 3.23. The summed E-state index contributed by atoms with van der Waals surface area (Å²) in [5.41, 5.74) is 1.08. The van der Waals surface area contributed by atoms with Gasteiger partial charge in [0.25, 0.3) is 5.69 Å². The minimum absolute atomic E-state index is 0.00323. The van der Waals surface area contributed by atoms with Gasteiger partial charge in [0.1, 0.15) is 23.7 Å². The molecule has 1 aliphatic carbocycles. The fraction of sp³-hybridized carbons (Fsp3) is 0.222. The van der Waals surface area contributed by atoms with Crippen molar-refractivity contribution in [3.63, 3.8) is 0 Å². The zero-order chi connectivity index (χ0) is 20.4. The Labute approximate surface area is 168 Å². The number of aromatic nitrogens is 4. The van der Waals surface area contributed by atoms with E-state index in [1.54, 1.807) is 12.4 Å². The number of halogens is 1. The first-order chi connectivity index (χ1) is 14.0. The molecule has 10 nitrogen and oxygen atoms in total. The predicted octanol–water partition coefficient (Wildman–Crippen LogP) is 3.86. The monoisotopic (exact) mass is 415 g/mol. The number of benzene rings is 1. The molecular formula is C18H14ClN5O5. The van der Waals surface area contributed by atoms with Crippen LogP contribution in [0.2, 0.25) is 5.15 Å².